The van der Waals surface area contributed by atoms with Crippen LogP contribution in [0.25, 0.3) is 0 Å². The summed E-state index contributed by atoms with van der Waals surface area (Å²) >= 11 is 0. The van der Waals surface area contributed by atoms with E-state index in [0.717, 1.165) is 19.3 Å². The van der Waals surface area contributed by atoms with Crippen molar-refractivity contribution >= 4 is 17.5 Å². The molecule has 1 heterocycles. The smallest absolute Gasteiger partial charge is 0.256 e. The third kappa shape index (κ3) is 4.58. The van der Waals surface area contributed by atoms with E-state index in [0.29, 0.717) is 43.6 Å². The van der Waals surface area contributed by atoms with E-state index in [1.807, 2.05) is 0 Å². The average molecular weight is 370 g/mol. The van der Waals surface area contributed by atoms with Crippen LogP contribution >= 0.6 is 0 Å². The maximum absolute atomic E-state index is 12.8. The average Bonchev–Trinajstić information content (AvgIpc) is 3.15. The normalized spacial score (nSPS) is 21.3. The van der Waals surface area contributed by atoms with E-state index < -0.39 is 11.6 Å². The number of carbonyl (C=O) groups is 2. The molecule has 1 saturated heterocycles. The molecule has 7 nitrogen and oxygen atoms in total. The maximum atomic E-state index is 12.8. The van der Waals surface area contributed by atoms with Crippen LogP contribution in [0, 0.1) is 11.3 Å². The number of hydrogen-bond donors (Lipinski definition) is 3. The van der Waals surface area contributed by atoms with Crippen molar-refractivity contribution < 1.29 is 14.7 Å². The van der Waals surface area contributed by atoms with Crippen molar-refractivity contribution in [3.63, 3.8) is 0 Å². The molecule has 2 aliphatic rings. The van der Waals surface area contributed by atoms with Gasteiger partial charge in [0, 0.05) is 18.8 Å². The van der Waals surface area contributed by atoms with Gasteiger partial charge in [-0.2, -0.15) is 5.26 Å². The molecular weight excluding hydrogens is 344 g/mol. The number of para-hydroxylation sites is 1. The van der Waals surface area contributed by atoms with Crippen LogP contribution in [0.5, 0.6) is 0 Å². The van der Waals surface area contributed by atoms with Crippen LogP contribution in [0.15, 0.2) is 24.3 Å². The number of likely N-dealkylation sites (tertiary alicyclic amines) is 1. The predicted molar refractivity (Wildman–Crippen MR) is 101 cm³/mol. The molecule has 0 radical (unpaired) electrons. The van der Waals surface area contributed by atoms with E-state index in [2.05, 4.69) is 16.7 Å². The van der Waals surface area contributed by atoms with Gasteiger partial charge in [-0.25, -0.2) is 0 Å². The first-order valence-corrected chi connectivity index (χ1v) is 9.55. The molecule has 2 fully saturated rings. The third-order valence-electron chi connectivity index (χ3n) is 5.33. The number of rotatable bonds is 5. The highest BCUT2D eigenvalue weighted by molar-refractivity contribution is 6.00. The van der Waals surface area contributed by atoms with E-state index in [1.54, 1.807) is 29.2 Å². The van der Waals surface area contributed by atoms with E-state index in [9.17, 15) is 20.0 Å². The van der Waals surface area contributed by atoms with Crippen molar-refractivity contribution in [1.29, 1.82) is 5.26 Å². The number of hydrogen-bond acceptors (Lipinski definition) is 5. The quantitative estimate of drug-likeness (QED) is 0.731. The molecule has 0 aromatic heterocycles. The molecule has 7 heteroatoms. The van der Waals surface area contributed by atoms with Crippen molar-refractivity contribution in [2.24, 2.45) is 0 Å². The highest BCUT2D eigenvalue weighted by atomic mass is 16.3. The number of anilines is 1. The molecule has 1 saturated carbocycles. The SMILES string of the molecule is N#CC1(NC(=O)CNc2ccccc2C(=O)N2CCC[C@@H](O)C2)CCCC1. The first-order valence-electron chi connectivity index (χ1n) is 9.55. The molecule has 1 atom stereocenters. The highest BCUT2D eigenvalue weighted by Gasteiger charge is 2.35. The molecule has 0 unspecified atom stereocenters. The molecule has 144 valence electrons. The minimum atomic E-state index is -0.752. The zero-order chi connectivity index (χ0) is 19.3. The summed E-state index contributed by atoms with van der Waals surface area (Å²) in [6.45, 7) is 0.949. The molecule has 3 rings (SSSR count). The fourth-order valence-electron chi connectivity index (χ4n) is 3.86. The molecule has 1 aromatic rings. The van der Waals surface area contributed by atoms with Crippen LogP contribution in [-0.2, 0) is 4.79 Å². The van der Waals surface area contributed by atoms with Crippen molar-refractivity contribution in [2.45, 2.75) is 50.2 Å². The van der Waals surface area contributed by atoms with Gasteiger partial charge in [-0.05, 0) is 50.7 Å². The van der Waals surface area contributed by atoms with Gasteiger partial charge in [0.05, 0.1) is 24.3 Å². The molecule has 2 amide bonds. The van der Waals surface area contributed by atoms with Crippen LogP contribution in [-0.4, -0.2) is 53.1 Å². The Bertz CT molecular complexity index is 737. The van der Waals surface area contributed by atoms with Gasteiger partial charge in [-0.1, -0.05) is 12.1 Å². The summed E-state index contributed by atoms with van der Waals surface area (Å²) in [7, 11) is 0. The second-order valence-corrected chi connectivity index (χ2v) is 7.40. The lowest BCUT2D eigenvalue weighted by molar-refractivity contribution is -0.120. The lowest BCUT2D eigenvalue weighted by atomic mass is 10.00. The Morgan fingerprint density at radius 2 is 2.00 bits per heavy atom. The fourth-order valence-corrected chi connectivity index (χ4v) is 3.86. The first-order chi connectivity index (χ1) is 13.0. The second kappa shape index (κ2) is 8.40. The van der Waals surface area contributed by atoms with Crippen molar-refractivity contribution in [1.82, 2.24) is 10.2 Å². The monoisotopic (exact) mass is 370 g/mol. The summed E-state index contributed by atoms with van der Waals surface area (Å²) in [5.41, 5.74) is 0.309. The first kappa shape index (κ1) is 19.2. The van der Waals surface area contributed by atoms with Crippen LogP contribution < -0.4 is 10.6 Å². The van der Waals surface area contributed by atoms with Crippen molar-refractivity contribution in [3.05, 3.63) is 29.8 Å². The number of amides is 2. The zero-order valence-electron chi connectivity index (χ0n) is 15.4. The molecular formula is C20H26N4O3. The second-order valence-electron chi connectivity index (χ2n) is 7.40. The van der Waals surface area contributed by atoms with Gasteiger partial charge in [0.2, 0.25) is 5.91 Å². The Hall–Kier alpha value is -2.59. The molecule has 1 aliphatic heterocycles. The van der Waals surface area contributed by atoms with Crippen LogP contribution in [0.4, 0.5) is 5.69 Å². The Labute approximate surface area is 159 Å². The van der Waals surface area contributed by atoms with Crippen molar-refractivity contribution in [2.75, 3.05) is 25.0 Å². The van der Waals surface area contributed by atoms with Gasteiger partial charge < -0.3 is 20.6 Å². The summed E-state index contributed by atoms with van der Waals surface area (Å²) in [6, 6.07) is 9.30. The summed E-state index contributed by atoms with van der Waals surface area (Å²) < 4.78 is 0. The number of carbonyl (C=O) groups excluding carboxylic acids is 2. The number of nitrogens with one attached hydrogen (secondary N) is 2. The minimum absolute atomic E-state index is 0.00362. The summed E-state index contributed by atoms with van der Waals surface area (Å²) in [6.07, 6.45) is 4.26. The number of aliphatic hydroxyl groups excluding tert-OH is 1. The van der Waals surface area contributed by atoms with Gasteiger partial charge in [0.25, 0.3) is 5.91 Å². The van der Waals surface area contributed by atoms with E-state index >= 15 is 0 Å². The van der Waals surface area contributed by atoms with Crippen LogP contribution in [0.2, 0.25) is 0 Å². The highest BCUT2D eigenvalue weighted by Crippen LogP contribution is 2.28. The van der Waals surface area contributed by atoms with Gasteiger partial charge in [-0.3, -0.25) is 9.59 Å². The fraction of sp³-hybridized carbons (Fsp3) is 0.550. The summed E-state index contributed by atoms with van der Waals surface area (Å²) in [5.74, 6) is -0.407. The molecule has 0 bridgehead atoms. The Balaban J connectivity index is 1.63. The van der Waals surface area contributed by atoms with Crippen LogP contribution in [0.1, 0.15) is 48.9 Å². The largest absolute Gasteiger partial charge is 0.391 e. The molecule has 1 aromatic carbocycles. The lowest BCUT2D eigenvalue weighted by Crippen LogP contribution is -2.47. The van der Waals surface area contributed by atoms with E-state index in [1.165, 1.54) is 0 Å². The van der Waals surface area contributed by atoms with Gasteiger partial charge in [-0.15, -0.1) is 0 Å². The maximum Gasteiger partial charge on any atom is 0.256 e. The summed E-state index contributed by atoms with van der Waals surface area (Å²) in [4.78, 5) is 26.8. The molecule has 0 spiro atoms. The number of piperidine rings is 1. The number of aliphatic hydroxyl groups is 1. The van der Waals surface area contributed by atoms with E-state index in [4.69, 9.17) is 0 Å². The number of benzene rings is 1. The molecule has 3 N–H and O–H groups in total. The zero-order valence-corrected chi connectivity index (χ0v) is 15.4. The Morgan fingerprint density at radius 1 is 1.26 bits per heavy atom. The lowest BCUT2D eigenvalue weighted by Gasteiger charge is -2.30. The molecule has 1 aliphatic carbocycles. The predicted octanol–water partition coefficient (Wildman–Crippen LogP) is 1.65. The van der Waals surface area contributed by atoms with Crippen molar-refractivity contribution in [3.8, 4) is 6.07 Å². The number of β-amino-alcohol motifs (C(OH)–C–C–N with tert-alkyl or cyclic N) is 1. The van der Waals surface area contributed by atoms with Gasteiger partial charge in [0.1, 0.15) is 5.54 Å². The topological polar surface area (TPSA) is 105 Å². The number of nitrogens with zero attached hydrogens (tertiary/aromatic N) is 2. The van der Waals surface area contributed by atoms with Gasteiger partial charge >= 0.3 is 0 Å². The van der Waals surface area contributed by atoms with Gasteiger partial charge in [0.15, 0.2) is 0 Å². The Kier molecular flexibility index (Phi) is 5.97. The molecule has 27 heavy (non-hydrogen) atoms. The Morgan fingerprint density at radius 3 is 2.70 bits per heavy atom. The summed E-state index contributed by atoms with van der Waals surface area (Å²) in [5, 5.41) is 25.1. The van der Waals surface area contributed by atoms with Crippen LogP contribution in [0.3, 0.4) is 0 Å². The number of nitriles is 1. The minimum Gasteiger partial charge on any atom is -0.391 e. The third-order valence-corrected chi connectivity index (χ3v) is 5.33. The van der Waals surface area contributed by atoms with E-state index in [-0.39, 0.29) is 18.4 Å². The standard InChI is InChI=1S/C20H26N4O3/c21-14-20(9-3-4-10-20)23-18(26)12-22-17-8-2-1-7-16(17)19(27)24-11-5-6-15(25)13-24/h1-2,7-8,15,22,25H,3-6,9-13H2,(H,23,26)/t15-/m1/s1.